The van der Waals surface area contributed by atoms with Crippen LogP contribution < -0.4 is 11.4 Å². The summed E-state index contributed by atoms with van der Waals surface area (Å²) in [6, 6.07) is 3.52. The van der Waals surface area contributed by atoms with E-state index in [1.54, 1.807) is 13.1 Å². The fourth-order valence-corrected chi connectivity index (χ4v) is 6.11. The Morgan fingerprint density at radius 2 is 1.63 bits per heavy atom. The van der Waals surface area contributed by atoms with Gasteiger partial charge in [0.25, 0.3) is 0 Å². The van der Waals surface area contributed by atoms with Crippen LogP contribution in [0.25, 0.3) is 11.1 Å². The number of alkyl halides is 3. The zero-order valence-electron chi connectivity index (χ0n) is 28.4. The second-order valence-electron chi connectivity index (χ2n) is 12.7. The van der Waals surface area contributed by atoms with Crippen molar-refractivity contribution in [1.29, 1.82) is 0 Å². The first kappa shape index (κ1) is 39.3. The van der Waals surface area contributed by atoms with Crippen LogP contribution in [0.5, 0.6) is 0 Å². The molecule has 2 aromatic carbocycles. The van der Waals surface area contributed by atoms with Gasteiger partial charge in [0.15, 0.2) is 0 Å². The number of aromatic nitrogens is 2. The Labute approximate surface area is 283 Å². The summed E-state index contributed by atoms with van der Waals surface area (Å²) in [5, 5.41) is 9.03. The molecule has 0 fully saturated rings. The molecular weight excluding hydrogens is 647 g/mol. The summed E-state index contributed by atoms with van der Waals surface area (Å²) in [6.45, 7) is 4.23. The molecule has 0 bridgehead atoms. The molecule has 1 aromatic heterocycles. The highest BCUT2D eigenvalue weighted by Gasteiger charge is 2.36. The first-order chi connectivity index (χ1) is 23.0. The lowest BCUT2D eigenvalue weighted by Crippen LogP contribution is -2.36. The molecule has 0 saturated heterocycles. The SMILES string of the molecule is CCc1nc(=O)n(C(CCCCCCCc2cc(F)cc(C)c2-c2cc(CCC(=O)O)c(F)c(C(F)(F)F)c2)C(N)=O)cc1CCN(C)C. The number of halogens is 5. The van der Waals surface area contributed by atoms with Crippen LogP contribution in [0.4, 0.5) is 22.0 Å². The van der Waals surface area contributed by atoms with E-state index in [2.05, 4.69) is 4.98 Å². The summed E-state index contributed by atoms with van der Waals surface area (Å²) in [4.78, 5) is 42.5. The van der Waals surface area contributed by atoms with Crippen LogP contribution in [0.15, 0.2) is 35.3 Å². The van der Waals surface area contributed by atoms with Gasteiger partial charge in [-0.15, -0.1) is 0 Å². The third-order valence-electron chi connectivity index (χ3n) is 8.60. The molecule has 1 unspecified atom stereocenters. The fraction of sp³-hybridized carbons (Fsp3) is 0.500. The van der Waals surface area contributed by atoms with Crippen molar-refractivity contribution < 1.29 is 36.6 Å². The Morgan fingerprint density at radius 1 is 0.959 bits per heavy atom. The average Bonchev–Trinajstić information content (AvgIpc) is 3.00. The minimum atomic E-state index is -5.02. The summed E-state index contributed by atoms with van der Waals surface area (Å²) in [5.74, 6) is -3.97. The number of hydrogen-bond acceptors (Lipinski definition) is 5. The van der Waals surface area contributed by atoms with E-state index in [4.69, 9.17) is 10.8 Å². The molecule has 8 nitrogen and oxygen atoms in total. The number of nitrogens with zero attached hydrogens (tertiary/aromatic N) is 3. The molecule has 268 valence electrons. The second-order valence-corrected chi connectivity index (χ2v) is 12.7. The molecule has 3 aromatic rings. The maximum absolute atomic E-state index is 14.8. The van der Waals surface area contributed by atoms with Gasteiger partial charge in [0.2, 0.25) is 5.91 Å². The molecule has 1 amide bonds. The zero-order valence-corrected chi connectivity index (χ0v) is 28.4. The normalized spacial score (nSPS) is 12.4. The lowest BCUT2D eigenvalue weighted by molar-refractivity contribution is -0.140. The van der Waals surface area contributed by atoms with E-state index < -0.39 is 59.8 Å². The van der Waals surface area contributed by atoms with Gasteiger partial charge in [-0.25, -0.2) is 13.6 Å². The lowest BCUT2D eigenvalue weighted by Gasteiger charge is -2.19. The van der Waals surface area contributed by atoms with Gasteiger partial charge < -0.3 is 15.7 Å². The molecule has 0 aliphatic carbocycles. The Morgan fingerprint density at radius 3 is 2.24 bits per heavy atom. The number of hydrogen-bond donors (Lipinski definition) is 2. The summed E-state index contributed by atoms with van der Waals surface area (Å²) in [7, 11) is 3.89. The Balaban J connectivity index is 1.70. The van der Waals surface area contributed by atoms with Crippen molar-refractivity contribution in [1.82, 2.24) is 14.5 Å². The van der Waals surface area contributed by atoms with Crippen LogP contribution in [0, 0.1) is 18.6 Å². The third kappa shape index (κ3) is 10.9. The maximum atomic E-state index is 14.8. The molecule has 49 heavy (non-hydrogen) atoms. The van der Waals surface area contributed by atoms with Crippen molar-refractivity contribution in [3.63, 3.8) is 0 Å². The number of benzene rings is 2. The zero-order chi connectivity index (χ0) is 36.5. The Bertz CT molecular complexity index is 1690. The number of aryl methyl sites for hydroxylation is 4. The van der Waals surface area contributed by atoms with Crippen molar-refractivity contribution in [2.75, 3.05) is 20.6 Å². The van der Waals surface area contributed by atoms with Crippen LogP contribution in [0.3, 0.4) is 0 Å². The van der Waals surface area contributed by atoms with Crippen molar-refractivity contribution in [2.45, 2.75) is 96.7 Å². The molecule has 0 aliphatic rings. The highest BCUT2D eigenvalue weighted by atomic mass is 19.4. The van der Waals surface area contributed by atoms with Crippen LogP contribution in [0.2, 0.25) is 0 Å². The molecule has 3 rings (SSSR count). The largest absolute Gasteiger partial charge is 0.481 e. The molecule has 3 N–H and O–H groups in total. The number of aliphatic carboxylic acids is 1. The van der Waals surface area contributed by atoms with E-state index >= 15 is 0 Å². The van der Waals surface area contributed by atoms with Crippen LogP contribution in [-0.4, -0.2) is 52.1 Å². The van der Waals surface area contributed by atoms with E-state index in [1.807, 2.05) is 25.9 Å². The van der Waals surface area contributed by atoms with Crippen molar-refractivity contribution in [3.05, 3.63) is 86.1 Å². The van der Waals surface area contributed by atoms with Gasteiger partial charge in [0.05, 0.1) is 11.3 Å². The van der Waals surface area contributed by atoms with Gasteiger partial charge in [-0.2, -0.15) is 18.2 Å². The number of carbonyl (C=O) groups excluding carboxylic acids is 1. The van der Waals surface area contributed by atoms with Crippen LogP contribution >= 0.6 is 0 Å². The second kappa shape index (κ2) is 17.5. The van der Waals surface area contributed by atoms with Crippen LogP contribution in [0.1, 0.15) is 91.4 Å². The van der Waals surface area contributed by atoms with E-state index in [-0.39, 0.29) is 11.1 Å². The molecule has 1 heterocycles. The average molecular weight is 693 g/mol. The van der Waals surface area contributed by atoms with Gasteiger partial charge in [-0.05, 0) is 117 Å². The number of carboxylic acid groups (broad SMARTS) is 1. The molecule has 0 radical (unpaired) electrons. The van der Waals surface area contributed by atoms with E-state index in [0.717, 1.165) is 18.5 Å². The number of nitrogens with two attached hydrogens (primary N) is 1. The number of rotatable bonds is 18. The number of carboxylic acids is 1. The lowest BCUT2D eigenvalue weighted by atomic mass is 9.89. The highest BCUT2D eigenvalue weighted by molar-refractivity contribution is 5.78. The van der Waals surface area contributed by atoms with Crippen molar-refractivity contribution >= 4 is 11.9 Å². The topological polar surface area (TPSA) is 119 Å². The fourth-order valence-electron chi connectivity index (χ4n) is 6.11. The monoisotopic (exact) mass is 692 g/mol. The maximum Gasteiger partial charge on any atom is 0.419 e. The van der Waals surface area contributed by atoms with E-state index in [9.17, 15) is 36.3 Å². The smallest absolute Gasteiger partial charge is 0.419 e. The summed E-state index contributed by atoms with van der Waals surface area (Å²) >= 11 is 0. The van der Waals surface area contributed by atoms with Crippen molar-refractivity contribution in [2.24, 2.45) is 5.73 Å². The molecule has 1 atom stereocenters. The van der Waals surface area contributed by atoms with E-state index in [1.165, 1.54) is 22.8 Å². The number of primary amides is 1. The van der Waals surface area contributed by atoms with Crippen molar-refractivity contribution in [3.8, 4) is 11.1 Å². The third-order valence-corrected chi connectivity index (χ3v) is 8.60. The predicted octanol–water partition coefficient (Wildman–Crippen LogP) is 6.81. The summed E-state index contributed by atoms with van der Waals surface area (Å²) in [6.07, 6.45) is 0.936. The predicted molar refractivity (Wildman–Crippen MR) is 177 cm³/mol. The quantitative estimate of drug-likeness (QED) is 0.112. The van der Waals surface area contributed by atoms with Gasteiger partial charge in [0, 0.05) is 19.2 Å². The standard InChI is InChI=1S/C36H45F5N4O4/c1-5-29-25(15-16-44(3)4)21-45(35(49)43-29)30(34(42)48)12-10-8-6-7-9-11-23-19-27(37)17-22(2)32(23)26-18-24(13-14-31(46)47)33(38)28(20-26)36(39,40)41/h17-21,30H,5-16H2,1-4H3,(H2,42,48)(H,46,47). The minimum Gasteiger partial charge on any atom is -0.481 e. The van der Waals surface area contributed by atoms with Gasteiger partial charge in [-0.3, -0.25) is 14.2 Å². The van der Waals surface area contributed by atoms with Gasteiger partial charge >= 0.3 is 17.8 Å². The first-order valence-electron chi connectivity index (χ1n) is 16.5. The minimum absolute atomic E-state index is 0.0423. The Hall–Kier alpha value is -4.13. The summed E-state index contributed by atoms with van der Waals surface area (Å²) in [5.41, 5.74) is 6.12. The first-order valence-corrected chi connectivity index (χ1v) is 16.5. The molecular formula is C36H45F5N4O4. The molecule has 0 spiro atoms. The summed E-state index contributed by atoms with van der Waals surface area (Å²) < 4.78 is 72.0. The van der Waals surface area contributed by atoms with Gasteiger partial charge in [-0.1, -0.05) is 32.6 Å². The number of carbonyl (C=O) groups is 2. The van der Waals surface area contributed by atoms with Crippen LogP contribution in [-0.2, 0) is 41.4 Å². The van der Waals surface area contributed by atoms with E-state index in [0.29, 0.717) is 79.8 Å². The number of amides is 1. The number of likely N-dealkylation sites (N-methyl/N-ethyl adjacent to an activating group) is 1. The highest BCUT2D eigenvalue weighted by Crippen LogP contribution is 2.39. The number of unbranched alkanes of at least 4 members (excludes halogenated alkanes) is 4. The molecule has 13 heteroatoms. The van der Waals surface area contributed by atoms with Gasteiger partial charge in [0.1, 0.15) is 17.7 Å². The Kier molecular flexibility index (Phi) is 14.0. The molecule has 0 aliphatic heterocycles. The molecule has 0 saturated carbocycles.